The van der Waals surface area contributed by atoms with Gasteiger partial charge in [0.25, 0.3) is 0 Å². The van der Waals surface area contributed by atoms with Crippen LogP contribution in [0, 0.1) is 11.8 Å². The Morgan fingerprint density at radius 2 is 1.94 bits per heavy atom. The molecule has 0 aliphatic heterocycles. The van der Waals surface area contributed by atoms with Crippen LogP contribution in [0.25, 0.3) is 0 Å². The van der Waals surface area contributed by atoms with Crippen molar-refractivity contribution >= 4 is 0 Å². The summed E-state index contributed by atoms with van der Waals surface area (Å²) in [5, 5.41) is 7.01. The number of halogens is 3. The number of alkyl halides is 3. The second-order valence-corrected chi connectivity index (χ2v) is 5.11. The van der Waals surface area contributed by atoms with Crippen molar-refractivity contribution in [2.75, 3.05) is 13.1 Å². The molecule has 6 heteroatoms. The van der Waals surface area contributed by atoms with E-state index in [-0.39, 0.29) is 5.92 Å². The van der Waals surface area contributed by atoms with Gasteiger partial charge in [-0.2, -0.15) is 18.3 Å². The van der Waals surface area contributed by atoms with Gasteiger partial charge in [0.1, 0.15) is 0 Å². The summed E-state index contributed by atoms with van der Waals surface area (Å²) in [6, 6.07) is 0. The van der Waals surface area contributed by atoms with Crippen LogP contribution in [0.2, 0.25) is 0 Å². The Hall–Kier alpha value is -1.04. The van der Waals surface area contributed by atoms with Crippen LogP contribution >= 0.6 is 0 Å². The molecule has 0 amide bonds. The van der Waals surface area contributed by atoms with Gasteiger partial charge in [-0.25, -0.2) is 0 Å². The summed E-state index contributed by atoms with van der Waals surface area (Å²) in [5.74, 6) is 0.809. The van der Waals surface area contributed by atoms with Crippen LogP contribution < -0.4 is 5.32 Å². The Kier molecular flexibility index (Phi) is 5.19. The number of aromatic nitrogens is 2. The van der Waals surface area contributed by atoms with Crippen molar-refractivity contribution in [3.05, 3.63) is 18.0 Å². The Labute approximate surface area is 105 Å². The van der Waals surface area contributed by atoms with E-state index in [2.05, 4.69) is 24.3 Å². The maximum Gasteiger partial charge on any atom is 0.419 e. The number of hydrogen-bond donors (Lipinski definition) is 1. The third kappa shape index (κ3) is 5.08. The molecule has 0 spiro atoms. The minimum Gasteiger partial charge on any atom is -0.316 e. The lowest BCUT2D eigenvalue weighted by Gasteiger charge is -2.14. The van der Waals surface area contributed by atoms with Crippen molar-refractivity contribution in [3.63, 3.8) is 0 Å². The van der Waals surface area contributed by atoms with E-state index in [1.807, 2.05) is 6.92 Å². The first-order valence-corrected chi connectivity index (χ1v) is 6.09. The summed E-state index contributed by atoms with van der Waals surface area (Å²) in [4.78, 5) is 0. The summed E-state index contributed by atoms with van der Waals surface area (Å²) >= 11 is 0. The van der Waals surface area contributed by atoms with E-state index >= 15 is 0 Å². The first-order chi connectivity index (χ1) is 8.29. The lowest BCUT2D eigenvalue weighted by molar-refractivity contribution is -0.137. The van der Waals surface area contributed by atoms with Crippen LogP contribution in [0.1, 0.15) is 26.3 Å². The third-order valence-electron chi connectivity index (χ3n) is 2.50. The molecule has 1 N–H and O–H groups in total. The van der Waals surface area contributed by atoms with Gasteiger partial charge in [-0.1, -0.05) is 20.8 Å². The quantitative estimate of drug-likeness (QED) is 0.855. The fourth-order valence-corrected chi connectivity index (χ4v) is 1.61. The lowest BCUT2D eigenvalue weighted by Crippen LogP contribution is -2.27. The highest BCUT2D eigenvalue weighted by molar-refractivity contribution is 5.08. The number of rotatable bonds is 6. The standard InChI is InChI=1S/C12H20F3N3/c1-9(2)4-16-5-10(3)7-18-8-11(6-17-18)12(13,14)15/h6,8-10,16H,4-5,7H2,1-3H3. The van der Waals surface area contributed by atoms with Gasteiger partial charge in [0, 0.05) is 12.7 Å². The second kappa shape index (κ2) is 6.22. The highest BCUT2D eigenvalue weighted by Gasteiger charge is 2.32. The van der Waals surface area contributed by atoms with Crippen molar-refractivity contribution in [3.8, 4) is 0 Å². The summed E-state index contributed by atoms with van der Waals surface area (Å²) < 4.78 is 38.4. The monoisotopic (exact) mass is 263 g/mol. The molecule has 1 aromatic heterocycles. The zero-order valence-electron chi connectivity index (χ0n) is 11.0. The predicted molar refractivity (Wildman–Crippen MR) is 64.1 cm³/mol. The van der Waals surface area contributed by atoms with E-state index in [1.54, 1.807) is 0 Å². The second-order valence-electron chi connectivity index (χ2n) is 5.11. The van der Waals surface area contributed by atoms with Crippen molar-refractivity contribution in [2.45, 2.75) is 33.5 Å². The van der Waals surface area contributed by atoms with Crippen LogP contribution in [-0.2, 0) is 12.7 Å². The minimum atomic E-state index is -4.31. The molecular formula is C12H20F3N3. The van der Waals surface area contributed by atoms with E-state index < -0.39 is 11.7 Å². The van der Waals surface area contributed by atoms with Crippen molar-refractivity contribution in [1.82, 2.24) is 15.1 Å². The van der Waals surface area contributed by atoms with Crippen molar-refractivity contribution in [1.29, 1.82) is 0 Å². The number of nitrogens with zero attached hydrogens (tertiary/aromatic N) is 2. The number of hydrogen-bond acceptors (Lipinski definition) is 2. The molecular weight excluding hydrogens is 243 g/mol. The molecule has 1 rings (SSSR count). The van der Waals surface area contributed by atoms with Crippen LogP contribution in [0.4, 0.5) is 13.2 Å². The largest absolute Gasteiger partial charge is 0.419 e. The van der Waals surface area contributed by atoms with Gasteiger partial charge in [-0.15, -0.1) is 0 Å². The molecule has 1 heterocycles. The molecule has 0 aliphatic carbocycles. The molecule has 0 fully saturated rings. The Balaban J connectivity index is 2.40. The van der Waals surface area contributed by atoms with Gasteiger partial charge < -0.3 is 5.32 Å². The third-order valence-corrected chi connectivity index (χ3v) is 2.50. The van der Waals surface area contributed by atoms with Crippen molar-refractivity contribution < 1.29 is 13.2 Å². The van der Waals surface area contributed by atoms with E-state index in [4.69, 9.17) is 0 Å². The van der Waals surface area contributed by atoms with Gasteiger partial charge in [0.2, 0.25) is 0 Å². The van der Waals surface area contributed by atoms with Crippen molar-refractivity contribution in [2.24, 2.45) is 11.8 Å². The highest BCUT2D eigenvalue weighted by Crippen LogP contribution is 2.28. The summed E-state index contributed by atoms with van der Waals surface area (Å²) in [6.07, 6.45) is -2.38. The first-order valence-electron chi connectivity index (χ1n) is 6.09. The maximum absolute atomic E-state index is 12.4. The predicted octanol–water partition coefficient (Wildman–Crippen LogP) is 2.78. The fraction of sp³-hybridized carbons (Fsp3) is 0.750. The zero-order chi connectivity index (χ0) is 13.8. The zero-order valence-corrected chi connectivity index (χ0v) is 11.0. The molecule has 1 atom stereocenters. The van der Waals surface area contributed by atoms with Gasteiger partial charge in [0.15, 0.2) is 0 Å². The summed E-state index contributed by atoms with van der Waals surface area (Å²) in [7, 11) is 0. The molecule has 0 bridgehead atoms. The smallest absolute Gasteiger partial charge is 0.316 e. The SMILES string of the molecule is CC(C)CNCC(C)Cn1cc(C(F)(F)F)cn1. The Morgan fingerprint density at radius 3 is 2.44 bits per heavy atom. The number of nitrogens with one attached hydrogen (secondary N) is 1. The first kappa shape index (κ1) is 15.0. The molecule has 18 heavy (non-hydrogen) atoms. The van der Waals surface area contributed by atoms with E-state index in [0.29, 0.717) is 12.5 Å². The van der Waals surface area contributed by atoms with Gasteiger partial charge >= 0.3 is 6.18 Å². The summed E-state index contributed by atoms with van der Waals surface area (Å²) in [6.45, 7) is 8.39. The molecule has 0 aliphatic rings. The Morgan fingerprint density at radius 1 is 1.28 bits per heavy atom. The molecule has 0 saturated heterocycles. The van der Waals surface area contributed by atoms with Gasteiger partial charge in [0.05, 0.1) is 11.8 Å². The fourth-order valence-electron chi connectivity index (χ4n) is 1.61. The molecule has 0 saturated carbocycles. The molecule has 3 nitrogen and oxygen atoms in total. The molecule has 0 aromatic carbocycles. The summed E-state index contributed by atoms with van der Waals surface area (Å²) in [5.41, 5.74) is -0.690. The maximum atomic E-state index is 12.4. The van der Waals surface area contributed by atoms with Crippen LogP contribution in [-0.4, -0.2) is 22.9 Å². The molecule has 1 unspecified atom stereocenters. The van der Waals surface area contributed by atoms with E-state index in [9.17, 15) is 13.2 Å². The Bertz CT molecular complexity index is 358. The minimum absolute atomic E-state index is 0.240. The highest BCUT2D eigenvalue weighted by atomic mass is 19.4. The lowest BCUT2D eigenvalue weighted by atomic mass is 10.1. The average Bonchev–Trinajstić information content (AvgIpc) is 2.64. The topological polar surface area (TPSA) is 29.9 Å². The average molecular weight is 263 g/mol. The molecule has 104 valence electrons. The normalized spacial score (nSPS) is 14.2. The van der Waals surface area contributed by atoms with E-state index in [0.717, 1.165) is 25.5 Å². The van der Waals surface area contributed by atoms with Crippen LogP contribution in [0.3, 0.4) is 0 Å². The van der Waals surface area contributed by atoms with Gasteiger partial charge in [-0.05, 0) is 24.9 Å². The van der Waals surface area contributed by atoms with E-state index in [1.165, 1.54) is 4.68 Å². The molecule has 1 aromatic rings. The molecule has 0 radical (unpaired) electrons. The van der Waals surface area contributed by atoms with Gasteiger partial charge in [-0.3, -0.25) is 4.68 Å². The van der Waals surface area contributed by atoms with Crippen LogP contribution in [0.15, 0.2) is 12.4 Å². The van der Waals surface area contributed by atoms with Crippen LogP contribution in [0.5, 0.6) is 0 Å².